The molecule has 0 aliphatic carbocycles. The molecule has 0 saturated heterocycles. The zero-order chi connectivity index (χ0) is 17.5. The van der Waals surface area contributed by atoms with Crippen molar-refractivity contribution in [1.29, 1.82) is 0 Å². The molecule has 1 N–H and O–H groups in total. The second kappa shape index (κ2) is 8.36. The number of hydrogen-bond donors (Lipinski definition) is 1. The van der Waals surface area contributed by atoms with Crippen molar-refractivity contribution in [3.63, 3.8) is 0 Å². The van der Waals surface area contributed by atoms with Gasteiger partial charge in [0.1, 0.15) is 11.5 Å². The largest absolute Gasteiger partial charge is 0.497 e. The van der Waals surface area contributed by atoms with Crippen LogP contribution >= 0.6 is 0 Å². The van der Waals surface area contributed by atoms with Gasteiger partial charge in [-0.15, -0.1) is 0 Å². The molecular formula is C22H23NO2. The van der Waals surface area contributed by atoms with Crippen LogP contribution in [0.4, 0.5) is 0 Å². The summed E-state index contributed by atoms with van der Waals surface area (Å²) in [5, 5.41) is 3.47. The Kier molecular flexibility index (Phi) is 5.70. The zero-order valence-electron chi connectivity index (χ0n) is 14.7. The van der Waals surface area contributed by atoms with Gasteiger partial charge in [0, 0.05) is 13.1 Å². The highest BCUT2D eigenvalue weighted by molar-refractivity contribution is 5.64. The highest BCUT2D eigenvalue weighted by atomic mass is 16.5. The van der Waals surface area contributed by atoms with Gasteiger partial charge in [-0.1, -0.05) is 48.5 Å². The molecule has 25 heavy (non-hydrogen) atoms. The molecule has 0 radical (unpaired) electrons. The molecule has 3 rings (SSSR count). The fraction of sp³-hybridized carbons (Fsp3) is 0.182. The minimum Gasteiger partial charge on any atom is -0.497 e. The molecule has 0 unspecified atom stereocenters. The van der Waals surface area contributed by atoms with E-state index in [4.69, 9.17) is 9.47 Å². The Bertz CT molecular complexity index is 778. The molecule has 3 heteroatoms. The van der Waals surface area contributed by atoms with Crippen LogP contribution in [0.15, 0.2) is 72.8 Å². The van der Waals surface area contributed by atoms with E-state index in [1.807, 2.05) is 24.3 Å². The first-order valence-corrected chi connectivity index (χ1v) is 8.35. The summed E-state index contributed by atoms with van der Waals surface area (Å²) in [5.41, 5.74) is 4.92. The molecule has 128 valence electrons. The average molecular weight is 333 g/mol. The number of methoxy groups -OCH3 is 2. The first-order valence-electron chi connectivity index (χ1n) is 8.35. The second-order valence-electron chi connectivity index (χ2n) is 5.88. The van der Waals surface area contributed by atoms with E-state index in [9.17, 15) is 0 Å². The molecule has 0 bridgehead atoms. The van der Waals surface area contributed by atoms with Crippen LogP contribution in [0.1, 0.15) is 11.1 Å². The van der Waals surface area contributed by atoms with Gasteiger partial charge in [-0.25, -0.2) is 0 Å². The topological polar surface area (TPSA) is 30.5 Å². The van der Waals surface area contributed by atoms with E-state index in [0.29, 0.717) is 0 Å². The lowest BCUT2D eigenvalue weighted by molar-refractivity contribution is 0.414. The van der Waals surface area contributed by atoms with Crippen molar-refractivity contribution in [3.05, 3.63) is 83.9 Å². The van der Waals surface area contributed by atoms with Crippen LogP contribution in [-0.2, 0) is 13.1 Å². The molecule has 0 aromatic heterocycles. The fourth-order valence-electron chi connectivity index (χ4n) is 2.69. The highest BCUT2D eigenvalue weighted by Gasteiger charge is 2.00. The van der Waals surface area contributed by atoms with Gasteiger partial charge < -0.3 is 14.8 Å². The summed E-state index contributed by atoms with van der Waals surface area (Å²) in [7, 11) is 3.37. The lowest BCUT2D eigenvalue weighted by atomic mass is 10.0. The predicted molar refractivity (Wildman–Crippen MR) is 102 cm³/mol. The van der Waals surface area contributed by atoms with E-state index in [-0.39, 0.29) is 0 Å². The summed E-state index contributed by atoms with van der Waals surface area (Å²) >= 11 is 0. The van der Waals surface area contributed by atoms with Gasteiger partial charge in [-0.2, -0.15) is 0 Å². The molecule has 0 aliphatic rings. The van der Waals surface area contributed by atoms with Gasteiger partial charge in [-0.3, -0.25) is 0 Å². The van der Waals surface area contributed by atoms with Crippen molar-refractivity contribution in [2.24, 2.45) is 0 Å². The van der Waals surface area contributed by atoms with Crippen molar-refractivity contribution in [2.75, 3.05) is 14.2 Å². The van der Waals surface area contributed by atoms with Crippen LogP contribution in [0.25, 0.3) is 11.1 Å². The Morgan fingerprint density at radius 3 is 1.36 bits per heavy atom. The van der Waals surface area contributed by atoms with Gasteiger partial charge >= 0.3 is 0 Å². The summed E-state index contributed by atoms with van der Waals surface area (Å²) in [4.78, 5) is 0. The Hall–Kier alpha value is -2.78. The van der Waals surface area contributed by atoms with Crippen molar-refractivity contribution in [2.45, 2.75) is 13.1 Å². The summed E-state index contributed by atoms with van der Waals surface area (Å²) in [6, 6.07) is 24.9. The van der Waals surface area contributed by atoms with E-state index in [2.05, 4.69) is 53.8 Å². The zero-order valence-corrected chi connectivity index (χ0v) is 14.7. The van der Waals surface area contributed by atoms with E-state index in [1.165, 1.54) is 22.3 Å². The Balaban J connectivity index is 1.54. The third-order valence-corrected chi connectivity index (χ3v) is 4.19. The SMILES string of the molecule is COc1ccc(CNCc2ccc(-c3ccc(OC)cc3)cc2)cc1. The van der Waals surface area contributed by atoms with Crippen LogP contribution in [-0.4, -0.2) is 14.2 Å². The molecule has 3 aromatic carbocycles. The van der Waals surface area contributed by atoms with Crippen LogP contribution in [0, 0.1) is 0 Å². The van der Waals surface area contributed by atoms with Crippen molar-refractivity contribution < 1.29 is 9.47 Å². The van der Waals surface area contributed by atoms with E-state index in [0.717, 1.165) is 24.6 Å². The van der Waals surface area contributed by atoms with Crippen LogP contribution in [0.2, 0.25) is 0 Å². The monoisotopic (exact) mass is 333 g/mol. The molecule has 0 spiro atoms. The van der Waals surface area contributed by atoms with Gasteiger partial charge in [0.25, 0.3) is 0 Å². The fourth-order valence-corrected chi connectivity index (χ4v) is 2.69. The smallest absolute Gasteiger partial charge is 0.118 e. The number of benzene rings is 3. The molecule has 3 aromatic rings. The summed E-state index contributed by atoms with van der Waals surface area (Å²) in [5.74, 6) is 1.76. The van der Waals surface area contributed by atoms with Crippen LogP contribution < -0.4 is 14.8 Å². The Labute approximate surface area is 149 Å². The number of rotatable bonds is 7. The number of hydrogen-bond acceptors (Lipinski definition) is 3. The van der Waals surface area contributed by atoms with E-state index in [1.54, 1.807) is 14.2 Å². The van der Waals surface area contributed by atoms with Crippen LogP contribution in [0.3, 0.4) is 0 Å². The maximum Gasteiger partial charge on any atom is 0.118 e. The van der Waals surface area contributed by atoms with Crippen molar-refractivity contribution in [3.8, 4) is 22.6 Å². The lowest BCUT2D eigenvalue weighted by Crippen LogP contribution is -2.12. The first-order chi connectivity index (χ1) is 12.3. The molecule has 0 saturated carbocycles. The lowest BCUT2D eigenvalue weighted by Gasteiger charge is -2.08. The summed E-state index contributed by atoms with van der Waals surface area (Å²) in [6.45, 7) is 1.68. The van der Waals surface area contributed by atoms with Gasteiger partial charge in [0.2, 0.25) is 0 Å². The molecular weight excluding hydrogens is 310 g/mol. The highest BCUT2D eigenvalue weighted by Crippen LogP contribution is 2.22. The quantitative estimate of drug-likeness (QED) is 0.682. The molecule has 3 nitrogen and oxygen atoms in total. The van der Waals surface area contributed by atoms with Crippen molar-refractivity contribution >= 4 is 0 Å². The minimum atomic E-state index is 0.838. The Morgan fingerprint density at radius 1 is 0.560 bits per heavy atom. The standard InChI is InChI=1S/C22H23NO2/c1-24-21-11-5-18(6-12-21)16-23-15-17-3-7-19(8-4-17)20-9-13-22(25-2)14-10-20/h3-14,23H,15-16H2,1-2H3. The summed E-state index contributed by atoms with van der Waals surface area (Å²) in [6.07, 6.45) is 0. The Morgan fingerprint density at radius 2 is 0.920 bits per heavy atom. The molecule has 0 fully saturated rings. The third-order valence-electron chi connectivity index (χ3n) is 4.19. The van der Waals surface area contributed by atoms with E-state index >= 15 is 0 Å². The van der Waals surface area contributed by atoms with E-state index < -0.39 is 0 Å². The maximum atomic E-state index is 5.20. The number of ether oxygens (including phenoxy) is 2. The van der Waals surface area contributed by atoms with Gasteiger partial charge in [0.15, 0.2) is 0 Å². The maximum absolute atomic E-state index is 5.20. The van der Waals surface area contributed by atoms with Gasteiger partial charge in [0.05, 0.1) is 14.2 Å². The molecule has 0 heterocycles. The van der Waals surface area contributed by atoms with Crippen LogP contribution in [0.5, 0.6) is 11.5 Å². The predicted octanol–water partition coefficient (Wildman–Crippen LogP) is 4.66. The second-order valence-corrected chi connectivity index (χ2v) is 5.88. The number of nitrogens with one attached hydrogen (secondary N) is 1. The first kappa shape index (κ1) is 17.1. The molecule has 0 atom stereocenters. The average Bonchev–Trinajstić information content (AvgIpc) is 2.69. The third kappa shape index (κ3) is 4.61. The summed E-state index contributed by atoms with van der Waals surface area (Å²) < 4.78 is 10.4. The van der Waals surface area contributed by atoms with Crippen molar-refractivity contribution in [1.82, 2.24) is 5.32 Å². The normalized spacial score (nSPS) is 10.5. The minimum absolute atomic E-state index is 0.838. The van der Waals surface area contributed by atoms with Gasteiger partial charge in [-0.05, 0) is 46.5 Å². The molecule has 0 amide bonds. The molecule has 0 aliphatic heterocycles.